The van der Waals surface area contributed by atoms with E-state index in [0.717, 1.165) is 24.8 Å². The van der Waals surface area contributed by atoms with Crippen LogP contribution < -0.4 is 5.43 Å². The molecule has 0 aliphatic carbocycles. The smallest absolute Gasteiger partial charge is 0.410 e. The molecule has 0 radical (unpaired) electrons. The molecule has 1 amide bonds. The van der Waals surface area contributed by atoms with E-state index in [2.05, 4.69) is 6.92 Å². The van der Waals surface area contributed by atoms with Gasteiger partial charge in [0, 0.05) is 29.1 Å². The summed E-state index contributed by atoms with van der Waals surface area (Å²) in [5.74, 6) is 1.18. The zero-order chi connectivity index (χ0) is 21.2. The number of unbranched alkanes of at least 4 members (excludes halogenated alkanes) is 1. The third kappa shape index (κ3) is 5.21. The predicted octanol–water partition coefficient (Wildman–Crippen LogP) is 5.98. The van der Waals surface area contributed by atoms with Crippen molar-refractivity contribution in [2.75, 3.05) is 6.54 Å². The van der Waals surface area contributed by atoms with Crippen molar-refractivity contribution >= 4 is 17.7 Å². The molecule has 5 nitrogen and oxygen atoms in total. The first-order chi connectivity index (χ1) is 13.7. The number of carbonyl (C=O) groups excluding carboxylic acids is 1. The molecule has 0 N–H and O–H groups in total. The summed E-state index contributed by atoms with van der Waals surface area (Å²) < 4.78 is 11.8. The van der Waals surface area contributed by atoms with Crippen molar-refractivity contribution < 1.29 is 13.9 Å². The molecule has 2 aromatic rings. The van der Waals surface area contributed by atoms with Gasteiger partial charge in [0.1, 0.15) is 17.1 Å². The molecule has 0 saturated carbocycles. The molecule has 1 aromatic heterocycles. The number of hydrogen-bond donors (Lipinski definition) is 0. The Morgan fingerprint density at radius 3 is 2.59 bits per heavy atom. The zero-order valence-corrected chi connectivity index (χ0v) is 18.2. The average molecular weight is 418 g/mol. The van der Waals surface area contributed by atoms with Crippen LogP contribution in [-0.4, -0.2) is 23.1 Å². The largest absolute Gasteiger partial charge is 0.460 e. The Hall–Kier alpha value is -2.27. The second-order valence-electron chi connectivity index (χ2n) is 8.52. The fourth-order valence-corrected chi connectivity index (χ4v) is 3.65. The number of fused-ring (bicyclic) bond motifs is 1. The highest BCUT2D eigenvalue weighted by molar-refractivity contribution is 6.30. The van der Waals surface area contributed by atoms with Crippen molar-refractivity contribution in [2.24, 2.45) is 0 Å². The second-order valence-corrected chi connectivity index (χ2v) is 8.96. The lowest BCUT2D eigenvalue weighted by Gasteiger charge is -2.34. The summed E-state index contributed by atoms with van der Waals surface area (Å²) in [6.07, 6.45) is 2.46. The van der Waals surface area contributed by atoms with Gasteiger partial charge in [-0.2, -0.15) is 0 Å². The molecule has 6 heteroatoms. The summed E-state index contributed by atoms with van der Waals surface area (Å²) >= 11 is 5.98. The highest BCUT2D eigenvalue weighted by Crippen LogP contribution is 2.34. The third-order valence-corrected chi connectivity index (χ3v) is 5.18. The van der Waals surface area contributed by atoms with Crippen LogP contribution in [0.15, 0.2) is 39.5 Å². The third-order valence-electron chi connectivity index (χ3n) is 4.92. The van der Waals surface area contributed by atoms with Gasteiger partial charge in [-0.05, 0) is 51.5 Å². The van der Waals surface area contributed by atoms with Gasteiger partial charge in [-0.1, -0.05) is 31.4 Å². The van der Waals surface area contributed by atoms with Crippen molar-refractivity contribution in [3.8, 4) is 11.3 Å². The van der Waals surface area contributed by atoms with Crippen molar-refractivity contribution in [2.45, 2.75) is 65.0 Å². The van der Waals surface area contributed by atoms with Crippen LogP contribution in [0.4, 0.5) is 4.79 Å². The van der Waals surface area contributed by atoms with E-state index in [1.165, 1.54) is 6.07 Å². The predicted molar refractivity (Wildman–Crippen MR) is 114 cm³/mol. The highest BCUT2D eigenvalue weighted by atomic mass is 35.5. The van der Waals surface area contributed by atoms with E-state index >= 15 is 0 Å². The highest BCUT2D eigenvalue weighted by Gasteiger charge is 2.34. The molecule has 1 atom stereocenters. The number of hydrogen-bond acceptors (Lipinski definition) is 4. The summed E-state index contributed by atoms with van der Waals surface area (Å²) in [6, 6.07) is 8.72. The van der Waals surface area contributed by atoms with Crippen LogP contribution in [0.1, 0.15) is 64.2 Å². The molecule has 0 saturated heterocycles. The van der Waals surface area contributed by atoms with E-state index in [9.17, 15) is 9.59 Å². The van der Waals surface area contributed by atoms with Crippen LogP contribution in [0.2, 0.25) is 5.02 Å². The molecule has 0 fully saturated rings. The van der Waals surface area contributed by atoms with Crippen LogP contribution in [0, 0.1) is 0 Å². The molecule has 2 heterocycles. The van der Waals surface area contributed by atoms with E-state index in [-0.39, 0.29) is 17.9 Å². The normalized spacial score (nSPS) is 16.4. The number of ether oxygens (including phenoxy) is 1. The SMILES string of the molecule is CCCCC1CN(C(=O)OC(C)(C)C)Cc2c1oc(-c1ccc(Cl)cc1)cc2=O. The summed E-state index contributed by atoms with van der Waals surface area (Å²) in [5, 5.41) is 0.628. The molecule has 3 rings (SSSR count). The standard InChI is InChI=1S/C23H28ClNO4/c1-5-6-7-16-13-25(22(27)29-23(2,3)4)14-18-19(26)12-20(28-21(16)18)15-8-10-17(24)11-9-15/h8-12,16H,5-7,13-14H2,1-4H3. The first-order valence-corrected chi connectivity index (χ1v) is 10.5. The molecule has 1 aliphatic heterocycles. The minimum absolute atomic E-state index is 0.0360. The molecule has 0 bridgehead atoms. The number of nitrogens with zero attached hydrogens (tertiary/aromatic N) is 1. The first kappa shape index (κ1) is 21.4. The maximum Gasteiger partial charge on any atom is 0.410 e. The van der Waals surface area contributed by atoms with Crippen LogP contribution in [0.25, 0.3) is 11.3 Å². The Balaban J connectivity index is 1.98. The van der Waals surface area contributed by atoms with Gasteiger partial charge >= 0.3 is 6.09 Å². The fourth-order valence-electron chi connectivity index (χ4n) is 3.52. The van der Waals surface area contributed by atoms with Crippen molar-refractivity contribution in [1.82, 2.24) is 4.90 Å². The Morgan fingerprint density at radius 1 is 1.28 bits per heavy atom. The summed E-state index contributed by atoms with van der Waals surface area (Å²) in [4.78, 5) is 27.2. The van der Waals surface area contributed by atoms with Crippen molar-refractivity contribution in [3.05, 3.63) is 56.9 Å². The molecular formula is C23H28ClNO4. The van der Waals surface area contributed by atoms with E-state index in [1.807, 2.05) is 32.9 Å². The second kappa shape index (κ2) is 8.62. The van der Waals surface area contributed by atoms with Crippen LogP contribution in [-0.2, 0) is 11.3 Å². The lowest BCUT2D eigenvalue weighted by atomic mass is 9.91. The van der Waals surface area contributed by atoms with Crippen molar-refractivity contribution in [3.63, 3.8) is 0 Å². The Kier molecular flexibility index (Phi) is 6.37. The maximum absolute atomic E-state index is 12.9. The summed E-state index contributed by atoms with van der Waals surface area (Å²) in [6.45, 7) is 8.32. The van der Waals surface area contributed by atoms with Gasteiger partial charge in [-0.15, -0.1) is 0 Å². The van der Waals surface area contributed by atoms with Gasteiger partial charge in [0.15, 0.2) is 5.43 Å². The van der Waals surface area contributed by atoms with Crippen LogP contribution in [0.3, 0.4) is 0 Å². The topological polar surface area (TPSA) is 59.8 Å². The molecule has 0 spiro atoms. The van der Waals surface area contributed by atoms with Gasteiger partial charge in [0.25, 0.3) is 0 Å². The Morgan fingerprint density at radius 2 is 1.97 bits per heavy atom. The average Bonchev–Trinajstić information content (AvgIpc) is 2.65. The number of carbonyl (C=O) groups is 1. The van der Waals surface area contributed by atoms with Crippen molar-refractivity contribution in [1.29, 1.82) is 0 Å². The van der Waals surface area contributed by atoms with E-state index in [1.54, 1.807) is 17.0 Å². The summed E-state index contributed by atoms with van der Waals surface area (Å²) in [5.41, 5.74) is 0.643. The molecule has 29 heavy (non-hydrogen) atoms. The van der Waals surface area contributed by atoms with Gasteiger partial charge in [-0.3, -0.25) is 4.79 Å². The van der Waals surface area contributed by atoms with E-state index in [4.69, 9.17) is 20.8 Å². The lowest BCUT2D eigenvalue weighted by Crippen LogP contribution is -2.43. The van der Waals surface area contributed by atoms with Crippen LogP contribution >= 0.6 is 11.6 Å². The van der Waals surface area contributed by atoms with E-state index < -0.39 is 11.7 Å². The number of rotatable bonds is 4. The minimum atomic E-state index is -0.584. The quantitative estimate of drug-likeness (QED) is 0.613. The maximum atomic E-state index is 12.9. The summed E-state index contributed by atoms with van der Waals surface area (Å²) in [7, 11) is 0. The van der Waals surface area contributed by atoms with Gasteiger partial charge in [-0.25, -0.2) is 4.79 Å². The lowest BCUT2D eigenvalue weighted by molar-refractivity contribution is 0.0191. The number of amides is 1. The fraction of sp³-hybridized carbons (Fsp3) is 0.478. The van der Waals surface area contributed by atoms with E-state index in [0.29, 0.717) is 28.7 Å². The molecular weight excluding hydrogens is 390 g/mol. The van der Waals surface area contributed by atoms with Gasteiger partial charge < -0.3 is 14.1 Å². The number of benzene rings is 1. The molecule has 1 unspecified atom stereocenters. The minimum Gasteiger partial charge on any atom is -0.460 e. The zero-order valence-electron chi connectivity index (χ0n) is 17.5. The Bertz CT molecular complexity index is 927. The molecule has 1 aromatic carbocycles. The molecule has 156 valence electrons. The Labute approximate surface area is 176 Å². The van der Waals surface area contributed by atoms with Gasteiger partial charge in [0.05, 0.1) is 12.1 Å². The monoisotopic (exact) mass is 417 g/mol. The molecule has 1 aliphatic rings. The van der Waals surface area contributed by atoms with Crippen LogP contribution in [0.5, 0.6) is 0 Å². The first-order valence-electron chi connectivity index (χ1n) is 10.1. The number of halogens is 1. The van der Waals surface area contributed by atoms with Gasteiger partial charge in [0.2, 0.25) is 0 Å².